The van der Waals surface area contributed by atoms with Gasteiger partial charge < -0.3 is 25.0 Å². The van der Waals surface area contributed by atoms with Gasteiger partial charge in [-0.3, -0.25) is 14.4 Å². The van der Waals surface area contributed by atoms with Crippen LogP contribution in [0, 0.1) is 30.3 Å². The number of hydrogen-bond donors (Lipinski definition) is 2. The first-order chi connectivity index (χ1) is 19.1. The maximum Gasteiger partial charge on any atom is 0.321 e. The van der Waals surface area contributed by atoms with E-state index in [9.17, 15) is 32.3 Å². The number of nitrogens with one attached hydrogen (secondary N) is 2. The summed E-state index contributed by atoms with van der Waals surface area (Å²) in [5.74, 6) is -7.56. The summed E-state index contributed by atoms with van der Waals surface area (Å²) in [6, 6.07) is 7.53. The van der Waals surface area contributed by atoms with E-state index in [0.29, 0.717) is 24.6 Å². The van der Waals surface area contributed by atoms with Gasteiger partial charge >= 0.3 is 12.0 Å². The number of para-hydroxylation sites is 1. The number of benzene rings is 2. The zero-order valence-corrected chi connectivity index (χ0v) is 21.9. The van der Waals surface area contributed by atoms with E-state index in [1.807, 2.05) is 6.07 Å². The summed E-state index contributed by atoms with van der Waals surface area (Å²) in [5, 5.41) is 5.29. The van der Waals surface area contributed by atoms with Crippen molar-refractivity contribution in [3.05, 3.63) is 72.1 Å². The third-order valence-corrected chi connectivity index (χ3v) is 6.34. The van der Waals surface area contributed by atoms with Crippen LogP contribution in [0.2, 0.25) is 0 Å². The van der Waals surface area contributed by atoms with Crippen molar-refractivity contribution in [3.63, 3.8) is 0 Å². The third kappa shape index (κ3) is 8.08. The molecule has 0 saturated carbocycles. The zero-order valence-electron chi connectivity index (χ0n) is 21.9. The van der Waals surface area contributed by atoms with Crippen molar-refractivity contribution >= 4 is 29.4 Å². The molecule has 1 heterocycles. The van der Waals surface area contributed by atoms with Crippen LogP contribution < -0.4 is 15.4 Å². The fourth-order valence-electron chi connectivity index (χ4n) is 4.06. The van der Waals surface area contributed by atoms with E-state index in [2.05, 4.69) is 17.2 Å². The van der Waals surface area contributed by atoms with Crippen molar-refractivity contribution in [1.82, 2.24) is 10.2 Å². The van der Waals surface area contributed by atoms with Crippen LogP contribution in [0.1, 0.15) is 24.8 Å². The minimum Gasteiger partial charge on any atom is -0.482 e. The number of Topliss-reactive ketones (excluding diaryl/α,β-unsaturated/α-hetero) is 1. The minimum atomic E-state index is -1.49. The maximum absolute atomic E-state index is 14.1. The van der Waals surface area contributed by atoms with Crippen LogP contribution in [-0.4, -0.2) is 60.9 Å². The molecule has 0 radical (unpaired) electrons. The summed E-state index contributed by atoms with van der Waals surface area (Å²) in [7, 11) is 0. The predicted molar refractivity (Wildman–Crippen MR) is 139 cm³/mol. The van der Waals surface area contributed by atoms with Gasteiger partial charge in [-0.25, -0.2) is 13.6 Å². The molecule has 2 N–H and O–H groups in total. The normalized spacial score (nSPS) is 14.2. The summed E-state index contributed by atoms with van der Waals surface area (Å²) >= 11 is 0. The average Bonchev–Trinajstić information content (AvgIpc) is 2.95. The highest BCUT2D eigenvalue weighted by Crippen LogP contribution is 2.27. The van der Waals surface area contributed by atoms with Crippen LogP contribution in [0.25, 0.3) is 0 Å². The van der Waals surface area contributed by atoms with E-state index in [4.69, 9.17) is 9.47 Å². The Morgan fingerprint density at radius 1 is 1.10 bits per heavy atom. The molecule has 40 heavy (non-hydrogen) atoms. The lowest BCUT2D eigenvalue weighted by Gasteiger charge is -2.32. The average molecular weight is 562 g/mol. The lowest BCUT2D eigenvalue weighted by Crippen LogP contribution is -2.49. The molecule has 1 aliphatic rings. The quantitative estimate of drug-likeness (QED) is 0.244. The number of nitrogens with zero attached hydrogens (tertiary/aromatic N) is 1. The predicted octanol–water partition coefficient (Wildman–Crippen LogP) is 3.91. The molecule has 1 atom stereocenters. The van der Waals surface area contributed by atoms with Crippen molar-refractivity contribution in [2.45, 2.75) is 32.2 Å². The van der Waals surface area contributed by atoms with Crippen LogP contribution in [0.4, 0.5) is 23.7 Å². The summed E-state index contributed by atoms with van der Waals surface area (Å²) in [6.45, 7) is 4.14. The van der Waals surface area contributed by atoms with Gasteiger partial charge in [0.15, 0.2) is 17.3 Å². The molecular weight excluding hydrogens is 531 g/mol. The van der Waals surface area contributed by atoms with Gasteiger partial charge in [0.2, 0.25) is 11.7 Å². The summed E-state index contributed by atoms with van der Waals surface area (Å²) < 4.78 is 51.6. The Hall–Kier alpha value is -4.35. The largest absolute Gasteiger partial charge is 0.482 e. The van der Waals surface area contributed by atoms with Crippen LogP contribution in [0.3, 0.4) is 0 Å². The van der Waals surface area contributed by atoms with E-state index in [1.54, 1.807) is 29.2 Å². The molecule has 2 aromatic carbocycles. The van der Waals surface area contributed by atoms with E-state index in [-0.39, 0.29) is 31.3 Å². The van der Waals surface area contributed by atoms with Gasteiger partial charge in [-0.05, 0) is 31.9 Å². The molecule has 2 aromatic rings. The zero-order chi connectivity index (χ0) is 29.2. The fraction of sp³-hybridized carbons (Fsp3) is 0.357. The van der Waals surface area contributed by atoms with Gasteiger partial charge in [0.1, 0.15) is 25.1 Å². The third-order valence-electron chi connectivity index (χ3n) is 6.34. The number of esters is 1. The first kappa shape index (κ1) is 30.2. The lowest BCUT2D eigenvalue weighted by molar-refractivity contribution is -0.145. The number of halogens is 3. The van der Waals surface area contributed by atoms with Gasteiger partial charge in [-0.15, -0.1) is 0 Å². The number of likely N-dealkylation sites (tertiary alicyclic amines) is 1. The Kier molecular flexibility index (Phi) is 10.7. The molecule has 0 aliphatic carbocycles. The molecule has 0 aromatic heterocycles. The molecule has 0 spiro atoms. The van der Waals surface area contributed by atoms with E-state index in [0.717, 1.165) is 6.92 Å². The first-order valence-corrected chi connectivity index (χ1v) is 12.6. The minimum absolute atomic E-state index is 0.124. The molecular formula is C28H30F3N3O6. The summed E-state index contributed by atoms with van der Waals surface area (Å²) in [5.41, 5.74) is 0.288. The monoisotopic (exact) mass is 561 g/mol. The molecule has 12 heteroatoms. The van der Waals surface area contributed by atoms with E-state index >= 15 is 0 Å². The molecule has 9 nitrogen and oxygen atoms in total. The Bertz CT molecular complexity index is 1220. The van der Waals surface area contributed by atoms with Gasteiger partial charge in [0, 0.05) is 36.3 Å². The molecule has 3 rings (SSSR count). The number of piperidine rings is 1. The van der Waals surface area contributed by atoms with E-state index in [1.165, 1.54) is 6.08 Å². The lowest BCUT2D eigenvalue weighted by atomic mass is 9.95. The van der Waals surface area contributed by atoms with Gasteiger partial charge in [-0.2, -0.15) is 4.39 Å². The molecule has 1 fully saturated rings. The summed E-state index contributed by atoms with van der Waals surface area (Å²) in [6.07, 6.45) is 1.37. The Morgan fingerprint density at radius 2 is 1.77 bits per heavy atom. The molecule has 0 unspecified atom stereocenters. The van der Waals surface area contributed by atoms with Crippen molar-refractivity contribution in [3.8, 4) is 5.75 Å². The van der Waals surface area contributed by atoms with Crippen LogP contribution >= 0.6 is 0 Å². The smallest absolute Gasteiger partial charge is 0.321 e. The van der Waals surface area contributed by atoms with Crippen molar-refractivity contribution < 1.29 is 41.8 Å². The second kappa shape index (κ2) is 14.2. The topological polar surface area (TPSA) is 114 Å². The number of amides is 3. The molecule has 214 valence electrons. The summed E-state index contributed by atoms with van der Waals surface area (Å²) in [4.78, 5) is 52.2. The Balaban J connectivity index is 1.61. The number of ether oxygens (including phenoxy) is 2. The highest BCUT2D eigenvalue weighted by molar-refractivity contribution is 5.94. The van der Waals surface area contributed by atoms with Gasteiger partial charge in [0.25, 0.3) is 0 Å². The maximum atomic E-state index is 14.1. The number of carbonyl (C=O) groups excluding carboxylic acids is 4. The highest BCUT2D eigenvalue weighted by Gasteiger charge is 2.32. The molecule has 1 aliphatic heterocycles. The molecule has 3 amide bonds. The number of carbonyl (C=O) groups is 4. The SMILES string of the molecule is C=CCOC(=O)C[C@H](NC(=O)C1CCN(C(=O)Nc2ccccc2)CC1)C(=O)COc1c(C)c(F)cc(F)c1F. The first-order valence-electron chi connectivity index (χ1n) is 12.6. The van der Waals surface area contributed by atoms with Crippen LogP contribution in [0.15, 0.2) is 49.1 Å². The highest BCUT2D eigenvalue weighted by atomic mass is 19.2. The van der Waals surface area contributed by atoms with Gasteiger partial charge in [0.05, 0.1) is 6.42 Å². The second-order valence-corrected chi connectivity index (χ2v) is 9.16. The molecule has 1 saturated heterocycles. The number of anilines is 1. The van der Waals surface area contributed by atoms with Crippen LogP contribution in [0.5, 0.6) is 5.75 Å². The van der Waals surface area contributed by atoms with E-state index < -0.39 is 65.8 Å². The Labute approximate surface area is 229 Å². The Morgan fingerprint density at radius 3 is 2.42 bits per heavy atom. The number of urea groups is 1. The number of hydrogen-bond acceptors (Lipinski definition) is 6. The number of rotatable bonds is 11. The second-order valence-electron chi connectivity index (χ2n) is 9.16. The van der Waals surface area contributed by atoms with Gasteiger partial charge in [-0.1, -0.05) is 30.9 Å². The fourth-order valence-corrected chi connectivity index (χ4v) is 4.06. The molecule has 0 bridgehead atoms. The standard InChI is InChI=1S/C28H30F3N3O6/c1-3-13-39-24(36)15-22(23(35)16-40-26-17(2)20(29)14-21(30)25(26)31)33-27(37)18-9-11-34(12-10-18)28(38)32-19-7-5-4-6-8-19/h3-8,14,18,22H,1,9-13,15-16H2,2H3,(H,32,38)(H,33,37)/t22-/m0/s1. The van der Waals surface area contributed by atoms with Crippen LogP contribution in [-0.2, 0) is 19.1 Å². The van der Waals surface area contributed by atoms with Crippen molar-refractivity contribution in [1.29, 1.82) is 0 Å². The van der Waals surface area contributed by atoms with Crippen molar-refractivity contribution in [2.24, 2.45) is 5.92 Å². The number of ketones is 1. The van der Waals surface area contributed by atoms with Crippen molar-refractivity contribution in [2.75, 3.05) is 31.6 Å².